The highest BCUT2D eigenvalue weighted by Gasteiger charge is 2.25. The summed E-state index contributed by atoms with van der Waals surface area (Å²) in [6, 6.07) is 15.0. The minimum absolute atomic E-state index is 0.327. The van der Waals surface area contributed by atoms with E-state index in [0.717, 1.165) is 50.5 Å². The monoisotopic (exact) mass is 592 g/mol. The molecule has 42 heavy (non-hydrogen) atoms. The fourth-order valence-electron chi connectivity index (χ4n) is 6.29. The van der Waals surface area contributed by atoms with Gasteiger partial charge in [-0.2, -0.15) is 0 Å². The number of piperazine rings is 1. The largest absolute Gasteiger partial charge is 0.493 e. The van der Waals surface area contributed by atoms with Crippen molar-refractivity contribution in [2.24, 2.45) is 5.41 Å². The summed E-state index contributed by atoms with van der Waals surface area (Å²) in [6.07, 6.45) is 7.26. The van der Waals surface area contributed by atoms with Gasteiger partial charge in [0.25, 0.3) is 0 Å². The van der Waals surface area contributed by atoms with Crippen molar-refractivity contribution >= 4 is 11.3 Å². The Labute approximate surface area is 258 Å². The summed E-state index contributed by atoms with van der Waals surface area (Å²) in [6.45, 7) is 16.0. The maximum atomic E-state index is 5.72. The number of benzene rings is 2. The molecular weight excluding hydrogens is 540 g/mol. The molecule has 1 aliphatic heterocycles. The Kier molecular flexibility index (Phi) is 11.8. The summed E-state index contributed by atoms with van der Waals surface area (Å²) in [5.41, 5.74) is 6.19. The minimum atomic E-state index is 0.327. The summed E-state index contributed by atoms with van der Waals surface area (Å²) in [4.78, 5) is 8.23. The second-order valence-corrected chi connectivity index (χ2v) is 14.0. The first-order valence-corrected chi connectivity index (χ1v) is 16.4. The van der Waals surface area contributed by atoms with Crippen LogP contribution in [0.3, 0.4) is 0 Å². The minimum Gasteiger partial charge on any atom is -0.493 e. The van der Waals surface area contributed by atoms with Gasteiger partial charge in [-0.3, -0.25) is 4.90 Å². The molecule has 4 rings (SSSR count). The molecule has 0 atom stereocenters. The molecule has 2 heterocycles. The molecule has 1 aliphatic rings. The molecule has 1 fully saturated rings. The van der Waals surface area contributed by atoms with Crippen molar-refractivity contribution in [1.82, 2.24) is 9.80 Å². The lowest BCUT2D eigenvalue weighted by Crippen LogP contribution is -2.46. The van der Waals surface area contributed by atoms with E-state index in [-0.39, 0.29) is 0 Å². The van der Waals surface area contributed by atoms with E-state index in [9.17, 15) is 0 Å². The number of aryl methyl sites for hydroxylation is 3. The topological polar surface area (TPSA) is 34.2 Å². The van der Waals surface area contributed by atoms with E-state index in [2.05, 4.69) is 73.9 Å². The van der Waals surface area contributed by atoms with E-state index in [1.54, 1.807) is 32.5 Å². The van der Waals surface area contributed by atoms with Crippen LogP contribution in [0.4, 0.5) is 0 Å². The quantitative estimate of drug-likeness (QED) is 0.180. The summed E-state index contributed by atoms with van der Waals surface area (Å²) in [5.74, 6) is 2.15. The molecule has 0 N–H and O–H groups in total. The van der Waals surface area contributed by atoms with Crippen molar-refractivity contribution in [3.63, 3.8) is 0 Å². The number of ether oxygens (including phenoxy) is 3. The molecule has 0 bridgehead atoms. The zero-order valence-corrected chi connectivity index (χ0v) is 27.9. The molecule has 0 spiro atoms. The summed E-state index contributed by atoms with van der Waals surface area (Å²) in [5, 5.41) is 0. The van der Waals surface area contributed by atoms with Gasteiger partial charge in [0.05, 0.1) is 21.3 Å². The van der Waals surface area contributed by atoms with Crippen molar-refractivity contribution in [3.8, 4) is 17.2 Å². The Bertz CT molecular complexity index is 1260. The molecule has 6 heteroatoms. The van der Waals surface area contributed by atoms with Crippen LogP contribution in [0.25, 0.3) is 0 Å². The number of hydrogen-bond donors (Lipinski definition) is 0. The van der Waals surface area contributed by atoms with E-state index in [0.29, 0.717) is 16.9 Å². The van der Waals surface area contributed by atoms with Gasteiger partial charge >= 0.3 is 0 Å². The first kappa shape index (κ1) is 32.4. The van der Waals surface area contributed by atoms with E-state index in [4.69, 9.17) is 14.2 Å². The van der Waals surface area contributed by atoms with Gasteiger partial charge < -0.3 is 19.1 Å². The number of hydrogen-bond acceptors (Lipinski definition) is 6. The third kappa shape index (κ3) is 8.52. The van der Waals surface area contributed by atoms with Gasteiger partial charge in [0, 0.05) is 48.0 Å². The van der Waals surface area contributed by atoms with Crippen LogP contribution in [0.15, 0.2) is 42.5 Å². The smallest absolute Gasteiger partial charge is 0.203 e. The van der Waals surface area contributed by atoms with Gasteiger partial charge in [-0.1, -0.05) is 50.2 Å². The average Bonchev–Trinajstić information content (AvgIpc) is 3.27. The van der Waals surface area contributed by atoms with Crippen LogP contribution < -0.4 is 14.2 Å². The lowest BCUT2D eigenvalue weighted by molar-refractivity contribution is 0.112. The molecule has 0 radical (unpaired) electrons. The molecule has 5 nitrogen and oxygen atoms in total. The normalized spacial score (nSPS) is 14.7. The predicted octanol–water partition coefficient (Wildman–Crippen LogP) is 7.73. The first-order chi connectivity index (χ1) is 20.2. The van der Waals surface area contributed by atoms with Crippen molar-refractivity contribution in [3.05, 3.63) is 74.5 Å². The van der Waals surface area contributed by atoms with Gasteiger partial charge in [-0.05, 0) is 87.1 Å². The SMILES string of the molecule is COc1ccc(CN2CCN(CCC(C)(C)CCc3c(C)sc(C)c3CCCc3ccccc3)CC2)c(OC)c1OC. The summed E-state index contributed by atoms with van der Waals surface area (Å²) in [7, 11) is 5.03. The van der Waals surface area contributed by atoms with Crippen LogP contribution in [-0.2, 0) is 25.8 Å². The molecule has 2 aromatic carbocycles. The van der Waals surface area contributed by atoms with Crippen molar-refractivity contribution in [2.75, 3.05) is 54.1 Å². The Morgan fingerprint density at radius 3 is 2.00 bits per heavy atom. The Balaban J connectivity index is 1.24. The maximum absolute atomic E-state index is 5.72. The highest BCUT2D eigenvalue weighted by Crippen LogP contribution is 2.40. The zero-order valence-electron chi connectivity index (χ0n) is 27.1. The Morgan fingerprint density at radius 1 is 0.714 bits per heavy atom. The fraction of sp³-hybridized carbons (Fsp3) is 0.556. The van der Waals surface area contributed by atoms with E-state index in [1.165, 1.54) is 54.0 Å². The standard InChI is InChI=1S/C36H52N2O3S/c1-27-31(15-11-14-29-12-9-8-10-13-29)32(28(2)42-27)18-19-36(3,4)20-21-37-22-24-38(25-23-37)26-30-16-17-33(39-5)35(41-7)34(30)40-6/h8-10,12-13,16-17H,11,14-15,18-26H2,1-7H3. The van der Waals surface area contributed by atoms with E-state index < -0.39 is 0 Å². The zero-order chi connectivity index (χ0) is 30.1. The van der Waals surface area contributed by atoms with Gasteiger partial charge in [0.2, 0.25) is 5.75 Å². The predicted molar refractivity (Wildman–Crippen MR) is 177 cm³/mol. The number of rotatable bonds is 15. The van der Waals surface area contributed by atoms with Crippen LogP contribution in [0, 0.1) is 19.3 Å². The molecule has 0 saturated carbocycles. The van der Waals surface area contributed by atoms with E-state index in [1.807, 2.05) is 17.4 Å². The third-order valence-electron chi connectivity index (χ3n) is 9.06. The molecule has 1 aromatic heterocycles. The van der Waals surface area contributed by atoms with Gasteiger partial charge in [0.1, 0.15) is 0 Å². The summed E-state index contributed by atoms with van der Waals surface area (Å²) >= 11 is 2.00. The summed E-state index contributed by atoms with van der Waals surface area (Å²) < 4.78 is 16.8. The average molecular weight is 593 g/mol. The highest BCUT2D eigenvalue weighted by atomic mass is 32.1. The third-order valence-corrected chi connectivity index (χ3v) is 10.2. The van der Waals surface area contributed by atoms with Crippen LogP contribution in [0.5, 0.6) is 17.2 Å². The molecule has 0 unspecified atom stereocenters. The Morgan fingerprint density at radius 2 is 1.36 bits per heavy atom. The van der Waals surface area contributed by atoms with Crippen LogP contribution in [-0.4, -0.2) is 63.9 Å². The molecule has 3 aromatic rings. The maximum Gasteiger partial charge on any atom is 0.203 e. The van der Waals surface area contributed by atoms with Crippen LogP contribution in [0.2, 0.25) is 0 Å². The van der Waals surface area contributed by atoms with Crippen LogP contribution in [0.1, 0.15) is 65.1 Å². The lowest BCUT2D eigenvalue weighted by Gasteiger charge is -2.37. The molecular formula is C36H52N2O3S. The second-order valence-electron chi connectivity index (χ2n) is 12.5. The molecule has 0 aliphatic carbocycles. The van der Waals surface area contributed by atoms with Crippen molar-refractivity contribution in [2.45, 2.75) is 72.8 Å². The molecule has 1 saturated heterocycles. The molecule has 0 amide bonds. The number of nitrogens with zero attached hydrogens (tertiary/aromatic N) is 2. The van der Waals surface area contributed by atoms with Gasteiger partial charge in [0.15, 0.2) is 11.5 Å². The number of thiophene rings is 1. The lowest BCUT2D eigenvalue weighted by atomic mass is 9.82. The number of methoxy groups -OCH3 is 3. The Hall–Kier alpha value is -2.54. The second kappa shape index (κ2) is 15.3. The van der Waals surface area contributed by atoms with Gasteiger partial charge in [-0.25, -0.2) is 0 Å². The van der Waals surface area contributed by atoms with Crippen molar-refractivity contribution < 1.29 is 14.2 Å². The fourth-order valence-corrected chi connectivity index (χ4v) is 7.45. The van der Waals surface area contributed by atoms with Gasteiger partial charge in [-0.15, -0.1) is 11.3 Å². The molecule has 230 valence electrons. The first-order valence-electron chi connectivity index (χ1n) is 15.6. The van der Waals surface area contributed by atoms with Crippen molar-refractivity contribution in [1.29, 1.82) is 0 Å². The van der Waals surface area contributed by atoms with Crippen LogP contribution >= 0.6 is 11.3 Å². The van der Waals surface area contributed by atoms with E-state index >= 15 is 0 Å². The highest BCUT2D eigenvalue weighted by molar-refractivity contribution is 7.12.